The quantitative estimate of drug-likeness (QED) is 0.452. The third-order valence-electron chi connectivity index (χ3n) is 4.99. The molecule has 0 fully saturated rings. The van der Waals surface area contributed by atoms with Gasteiger partial charge >= 0.3 is 11.9 Å². The highest BCUT2D eigenvalue weighted by molar-refractivity contribution is 7.14. The lowest BCUT2D eigenvalue weighted by Gasteiger charge is -2.10. The molecule has 0 aliphatic heterocycles. The first kappa shape index (κ1) is 23.6. The number of amides is 1. The molecule has 0 saturated carbocycles. The van der Waals surface area contributed by atoms with Gasteiger partial charge in [-0.2, -0.15) is 18.3 Å². The lowest BCUT2D eigenvalue weighted by atomic mass is 10.1. The molecule has 4 aromatic rings. The van der Waals surface area contributed by atoms with E-state index in [1.807, 2.05) is 0 Å². The second kappa shape index (κ2) is 8.65. The first-order valence-corrected chi connectivity index (χ1v) is 10.8. The van der Waals surface area contributed by atoms with E-state index in [2.05, 4.69) is 20.5 Å². The summed E-state index contributed by atoms with van der Waals surface area (Å²) in [6, 6.07) is 3.41. The molecule has 0 saturated heterocycles. The highest BCUT2D eigenvalue weighted by Gasteiger charge is 2.33. The number of aromatic nitrogens is 5. The molecule has 0 aliphatic carbocycles. The van der Waals surface area contributed by atoms with Crippen molar-refractivity contribution in [1.29, 1.82) is 0 Å². The maximum absolute atomic E-state index is 13.1. The topological polar surface area (TPSA) is 112 Å². The van der Waals surface area contributed by atoms with Crippen LogP contribution in [0.1, 0.15) is 11.1 Å². The summed E-state index contributed by atoms with van der Waals surface area (Å²) < 4.78 is 41.4. The van der Waals surface area contributed by atoms with Gasteiger partial charge in [-0.05, 0) is 17.7 Å². The van der Waals surface area contributed by atoms with Gasteiger partial charge in [-0.15, -0.1) is 16.4 Å². The molecule has 14 heteroatoms. The van der Waals surface area contributed by atoms with Gasteiger partial charge in [0.05, 0.1) is 34.3 Å². The van der Waals surface area contributed by atoms with Gasteiger partial charge in [-0.1, -0.05) is 17.7 Å². The monoisotopic (exact) mass is 510 g/mol. The number of halogens is 4. The zero-order chi connectivity index (χ0) is 24.8. The van der Waals surface area contributed by atoms with Gasteiger partial charge in [0.1, 0.15) is 0 Å². The summed E-state index contributed by atoms with van der Waals surface area (Å²) in [5.74, 6) is -0.543. The molecular weight excluding hydrogens is 497 g/mol. The predicted octanol–water partition coefficient (Wildman–Crippen LogP) is 3.00. The summed E-state index contributed by atoms with van der Waals surface area (Å²) in [5, 5.41) is 11.5. The fourth-order valence-electron chi connectivity index (χ4n) is 3.29. The third-order valence-corrected chi connectivity index (χ3v) is 6.08. The molecule has 0 unspecified atom stereocenters. The number of hydrogen-bond acceptors (Lipinski definition) is 7. The van der Waals surface area contributed by atoms with E-state index in [-0.39, 0.29) is 39.4 Å². The second-order valence-electron chi connectivity index (χ2n) is 7.23. The molecule has 4 rings (SSSR count). The number of hydrogen-bond donors (Lipinski definition) is 1. The van der Waals surface area contributed by atoms with Gasteiger partial charge in [0, 0.05) is 25.0 Å². The molecule has 0 aliphatic rings. The fraction of sp³-hybridized carbons (Fsp3) is 0.200. The van der Waals surface area contributed by atoms with Crippen LogP contribution in [-0.4, -0.2) is 30.2 Å². The Hall–Kier alpha value is -3.58. The van der Waals surface area contributed by atoms with Crippen LogP contribution in [0.15, 0.2) is 39.4 Å². The number of benzene rings is 1. The Morgan fingerprint density at radius 3 is 2.65 bits per heavy atom. The van der Waals surface area contributed by atoms with E-state index in [0.717, 1.165) is 32.6 Å². The molecule has 0 spiro atoms. The zero-order valence-electron chi connectivity index (χ0n) is 17.5. The first-order chi connectivity index (χ1) is 16.0. The molecule has 0 radical (unpaired) electrons. The van der Waals surface area contributed by atoms with E-state index in [0.29, 0.717) is 0 Å². The zero-order valence-corrected chi connectivity index (χ0v) is 19.0. The number of carbonyl (C=O) groups is 1. The molecular formula is C20H14ClF3N6O3S. The van der Waals surface area contributed by atoms with Crippen molar-refractivity contribution >= 4 is 45.0 Å². The minimum Gasteiger partial charge on any atom is -0.302 e. The van der Waals surface area contributed by atoms with Crippen molar-refractivity contribution in [1.82, 2.24) is 24.3 Å². The van der Waals surface area contributed by atoms with Gasteiger partial charge in [-0.3, -0.25) is 18.7 Å². The summed E-state index contributed by atoms with van der Waals surface area (Å²) in [6.07, 6.45) is -3.64. The van der Waals surface area contributed by atoms with Crippen LogP contribution in [0.25, 0.3) is 22.3 Å². The maximum Gasteiger partial charge on any atom is 0.417 e. The summed E-state index contributed by atoms with van der Waals surface area (Å²) in [4.78, 5) is 41.5. The number of nitrogens with zero attached hydrogens (tertiary/aromatic N) is 5. The molecule has 9 nitrogen and oxygen atoms in total. The van der Waals surface area contributed by atoms with Crippen molar-refractivity contribution in [2.24, 2.45) is 14.1 Å². The lowest BCUT2D eigenvalue weighted by Crippen LogP contribution is -2.38. The SMILES string of the molecule is Cn1c(=O)c2c(CC(=O)Nc3nc(-c4ccc(Cl)c(C(F)(F)F)c4)cs3)cnnc2n(C)c1=O. The second-order valence-corrected chi connectivity index (χ2v) is 8.49. The summed E-state index contributed by atoms with van der Waals surface area (Å²) in [6.45, 7) is 0. The number of carbonyl (C=O) groups excluding carboxylic acids is 1. The molecule has 34 heavy (non-hydrogen) atoms. The van der Waals surface area contributed by atoms with Crippen molar-refractivity contribution in [3.8, 4) is 11.3 Å². The van der Waals surface area contributed by atoms with Crippen molar-refractivity contribution in [3.05, 3.63) is 66.8 Å². The Balaban J connectivity index is 1.59. The number of aryl methyl sites for hydroxylation is 1. The number of thiazole rings is 1. The number of anilines is 1. The smallest absolute Gasteiger partial charge is 0.302 e. The maximum atomic E-state index is 13.1. The van der Waals surface area contributed by atoms with E-state index in [1.165, 1.54) is 31.7 Å². The highest BCUT2D eigenvalue weighted by Crippen LogP contribution is 2.37. The summed E-state index contributed by atoms with van der Waals surface area (Å²) in [5.41, 5.74) is -1.49. The van der Waals surface area contributed by atoms with Crippen molar-refractivity contribution in [2.75, 3.05) is 5.32 Å². The number of rotatable bonds is 4. The molecule has 1 aromatic carbocycles. The van der Waals surface area contributed by atoms with Gasteiger partial charge in [0.2, 0.25) is 5.91 Å². The Bertz CT molecular complexity index is 1560. The van der Waals surface area contributed by atoms with Crippen LogP contribution in [0.3, 0.4) is 0 Å². The Morgan fingerprint density at radius 2 is 1.94 bits per heavy atom. The summed E-state index contributed by atoms with van der Waals surface area (Å²) >= 11 is 6.67. The first-order valence-electron chi connectivity index (χ1n) is 9.50. The van der Waals surface area contributed by atoms with Crippen LogP contribution in [0.5, 0.6) is 0 Å². The largest absolute Gasteiger partial charge is 0.417 e. The molecule has 1 amide bonds. The highest BCUT2D eigenvalue weighted by atomic mass is 35.5. The van der Waals surface area contributed by atoms with Crippen LogP contribution in [0.4, 0.5) is 18.3 Å². The number of fused-ring (bicyclic) bond motifs is 1. The van der Waals surface area contributed by atoms with Gasteiger partial charge in [-0.25, -0.2) is 9.78 Å². The molecule has 3 aromatic heterocycles. The lowest BCUT2D eigenvalue weighted by molar-refractivity contribution is -0.137. The van der Waals surface area contributed by atoms with Crippen LogP contribution in [-0.2, 0) is 31.5 Å². The number of nitrogens with one attached hydrogen (secondary N) is 1. The fourth-order valence-corrected chi connectivity index (χ4v) is 4.25. The minimum atomic E-state index is -4.62. The van der Waals surface area contributed by atoms with Crippen molar-refractivity contribution < 1.29 is 18.0 Å². The van der Waals surface area contributed by atoms with Crippen LogP contribution in [0.2, 0.25) is 5.02 Å². The standard InChI is InChI=1S/C20H14ClF3N6O3S/c1-29-16-15(17(32)30(2)19(29)33)10(7-25-28-16)6-14(31)27-18-26-13(8-34-18)9-3-4-12(21)11(5-9)20(22,23)24/h3-5,7-8H,6H2,1-2H3,(H,26,27,31). The van der Waals surface area contributed by atoms with E-state index < -0.39 is 33.9 Å². The Morgan fingerprint density at radius 1 is 1.21 bits per heavy atom. The Kier molecular flexibility index (Phi) is 6.00. The van der Waals surface area contributed by atoms with Crippen molar-refractivity contribution in [3.63, 3.8) is 0 Å². The van der Waals surface area contributed by atoms with Gasteiger partial charge in [0.15, 0.2) is 10.8 Å². The molecule has 3 heterocycles. The predicted molar refractivity (Wildman–Crippen MR) is 120 cm³/mol. The third kappa shape index (κ3) is 4.31. The number of alkyl halides is 3. The van der Waals surface area contributed by atoms with Crippen LogP contribution >= 0.6 is 22.9 Å². The summed E-state index contributed by atoms with van der Waals surface area (Å²) in [7, 11) is 2.74. The van der Waals surface area contributed by atoms with E-state index in [9.17, 15) is 27.6 Å². The molecule has 176 valence electrons. The average Bonchev–Trinajstić information content (AvgIpc) is 3.23. The molecule has 0 bridgehead atoms. The van der Waals surface area contributed by atoms with Crippen molar-refractivity contribution in [2.45, 2.75) is 12.6 Å². The molecule has 0 atom stereocenters. The van der Waals surface area contributed by atoms with Gasteiger partial charge < -0.3 is 5.32 Å². The molecule has 1 N–H and O–H groups in total. The normalized spacial score (nSPS) is 11.7. The average molecular weight is 511 g/mol. The van der Waals surface area contributed by atoms with Crippen LogP contribution in [0, 0.1) is 0 Å². The van der Waals surface area contributed by atoms with E-state index in [4.69, 9.17) is 11.6 Å². The van der Waals surface area contributed by atoms with E-state index in [1.54, 1.807) is 0 Å². The minimum absolute atomic E-state index is 0.0399. The van der Waals surface area contributed by atoms with Crippen LogP contribution < -0.4 is 16.6 Å². The Labute approximate surface area is 197 Å². The van der Waals surface area contributed by atoms with Gasteiger partial charge in [0.25, 0.3) is 5.56 Å². The van der Waals surface area contributed by atoms with E-state index >= 15 is 0 Å².